The Bertz CT molecular complexity index is 1240. The topological polar surface area (TPSA) is 65.2 Å². The summed E-state index contributed by atoms with van der Waals surface area (Å²) in [5.74, 6) is 0.0950. The smallest absolute Gasteiger partial charge is 0.253 e. The van der Waals surface area contributed by atoms with Crippen molar-refractivity contribution in [3.8, 4) is 11.8 Å². The van der Waals surface area contributed by atoms with Crippen molar-refractivity contribution in [1.82, 2.24) is 19.6 Å². The van der Waals surface area contributed by atoms with Crippen molar-refractivity contribution in [2.24, 2.45) is 0 Å². The summed E-state index contributed by atoms with van der Waals surface area (Å²) < 4.78 is 1.86. The number of aromatic nitrogens is 2. The van der Waals surface area contributed by atoms with Gasteiger partial charge in [0.15, 0.2) is 0 Å². The van der Waals surface area contributed by atoms with Crippen LogP contribution < -0.4 is 0 Å². The number of rotatable bonds is 5. The number of halogens is 1. The Balaban J connectivity index is 1.56. The quantitative estimate of drug-likeness (QED) is 0.565. The monoisotopic (exact) mass is 461 g/mol. The van der Waals surface area contributed by atoms with Gasteiger partial charge in [0.1, 0.15) is 6.07 Å². The number of nitriles is 1. The van der Waals surface area contributed by atoms with Gasteiger partial charge in [0.05, 0.1) is 22.0 Å². The zero-order valence-electron chi connectivity index (χ0n) is 19.5. The average molecular weight is 462 g/mol. The van der Waals surface area contributed by atoms with Gasteiger partial charge >= 0.3 is 0 Å². The van der Waals surface area contributed by atoms with Gasteiger partial charge in [-0.15, -0.1) is 0 Å². The number of nitrogens with zero attached hydrogens (tertiary/aromatic N) is 5. The van der Waals surface area contributed by atoms with Crippen LogP contribution in [0.3, 0.4) is 0 Å². The van der Waals surface area contributed by atoms with E-state index in [1.807, 2.05) is 47.7 Å². The van der Waals surface area contributed by atoms with Gasteiger partial charge in [-0.2, -0.15) is 10.4 Å². The van der Waals surface area contributed by atoms with Gasteiger partial charge in [-0.25, -0.2) is 4.68 Å². The first-order valence-electron chi connectivity index (χ1n) is 11.1. The molecule has 0 bridgehead atoms. The number of carbonyl (C=O) groups excluding carboxylic acids is 1. The second-order valence-electron chi connectivity index (χ2n) is 8.87. The lowest BCUT2D eigenvalue weighted by atomic mass is 10.0. The van der Waals surface area contributed by atoms with E-state index in [-0.39, 0.29) is 5.91 Å². The number of likely N-dealkylation sites (tertiary alicyclic amines) is 1. The summed E-state index contributed by atoms with van der Waals surface area (Å²) in [6.45, 7) is 5.59. The lowest BCUT2D eigenvalue weighted by Gasteiger charge is -2.20. The van der Waals surface area contributed by atoms with Crippen LogP contribution in [-0.2, 0) is 6.42 Å². The third kappa shape index (κ3) is 4.66. The lowest BCUT2D eigenvalue weighted by Crippen LogP contribution is -2.34. The summed E-state index contributed by atoms with van der Waals surface area (Å²) in [7, 11) is 4.13. The molecule has 0 radical (unpaired) electrons. The molecule has 33 heavy (non-hydrogen) atoms. The van der Waals surface area contributed by atoms with Crippen LogP contribution >= 0.6 is 11.6 Å². The molecule has 1 saturated heterocycles. The predicted octanol–water partition coefficient (Wildman–Crippen LogP) is 4.38. The first-order valence-corrected chi connectivity index (χ1v) is 11.5. The van der Waals surface area contributed by atoms with Gasteiger partial charge in [0.25, 0.3) is 5.91 Å². The van der Waals surface area contributed by atoms with E-state index in [1.165, 1.54) is 0 Å². The minimum absolute atomic E-state index is 0.0950. The van der Waals surface area contributed by atoms with Crippen molar-refractivity contribution >= 4 is 17.5 Å². The molecule has 170 valence electrons. The Morgan fingerprint density at radius 3 is 2.70 bits per heavy atom. The maximum atomic E-state index is 13.1. The lowest BCUT2D eigenvalue weighted by molar-refractivity contribution is 0.0783. The number of aryl methyl sites for hydroxylation is 1. The second kappa shape index (κ2) is 9.38. The van der Waals surface area contributed by atoms with Crippen LogP contribution in [0.2, 0.25) is 5.02 Å². The Kier molecular flexibility index (Phi) is 6.55. The van der Waals surface area contributed by atoms with Gasteiger partial charge in [-0.05, 0) is 70.3 Å². The van der Waals surface area contributed by atoms with Gasteiger partial charge in [0.2, 0.25) is 0 Å². The maximum absolute atomic E-state index is 13.1. The third-order valence-corrected chi connectivity index (χ3v) is 6.81. The van der Waals surface area contributed by atoms with E-state index < -0.39 is 0 Å². The highest BCUT2D eigenvalue weighted by Crippen LogP contribution is 2.25. The summed E-state index contributed by atoms with van der Waals surface area (Å²) in [5, 5.41) is 14.3. The van der Waals surface area contributed by atoms with Crippen LogP contribution in [0.25, 0.3) is 5.69 Å². The number of hydrogen-bond donors (Lipinski definition) is 0. The molecule has 7 heteroatoms. The molecule has 0 aliphatic carbocycles. The highest BCUT2D eigenvalue weighted by Gasteiger charge is 2.28. The van der Waals surface area contributed by atoms with Crippen molar-refractivity contribution in [2.45, 2.75) is 32.7 Å². The number of hydrogen-bond acceptors (Lipinski definition) is 4. The predicted molar refractivity (Wildman–Crippen MR) is 130 cm³/mol. The molecule has 1 aromatic heterocycles. The molecule has 0 N–H and O–H groups in total. The molecule has 1 aliphatic heterocycles. The van der Waals surface area contributed by atoms with E-state index in [0.717, 1.165) is 53.3 Å². The summed E-state index contributed by atoms with van der Waals surface area (Å²) in [5.41, 5.74) is 6.13. The average Bonchev–Trinajstić information content (AvgIpc) is 3.40. The summed E-state index contributed by atoms with van der Waals surface area (Å²) in [6, 6.07) is 15.7. The van der Waals surface area contributed by atoms with Crippen LogP contribution in [0.5, 0.6) is 0 Å². The fourth-order valence-corrected chi connectivity index (χ4v) is 4.67. The Morgan fingerprint density at radius 1 is 1.24 bits per heavy atom. The maximum Gasteiger partial charge on any atom is 0.253 e. The highest BCUT2D eigenvalue weighted by atomic mass is 35.5. The molecule has 1 aliphatic rings. The van der Waals surface area contributed by atoms with Crippen LogP contribution in [-0.4, -0.2) is 58.7 Å². The molecule has 2 aromatic carbocycles. The van der Waals surface area contributed by atoms with Crippen molar-refractivity contribution in [3.05, 3.63) is 81.1 Å². The number of amides is 1. The molecule has 1 atom stereocenters. The van der Waals surface area contributed by atoms with Crippen molar-refractivity contribution in [3.63, 3.8) is 0 Å². The molecular weight excluding hydrogens is 434 g/mol. The Morgan fingerprint density at radius 2 is 2.03 bits per heavy atom. The molecule has 0 saturated carbocycles. The second-order valence-corrected chi connectivity index (χ2v) is 9.28. The molecule has 1 amide bonds. The van der Waals surface area contributed by atoms with E-state index in [2.05, 4.69) is 31.1 Å². The van der Waals surface area contributed by atoms with E-state index in [0.29, 0.717) is 23.0 Å². The zero-order chi connectivity index (χ0) is 23.7. The first kappa shape index (κ1) is 23.0. The first-order chi connectivity index (χ1) is 15.8. The fourth-order valence-electron chi connectivity index (χ4n) is 4.46. The Hall–Kier alpha value is -3.14. The summed E-state index contributed by atoms with van der Waals surface area (Å²) in [6.07, 6.45) is 1.69. The van der Waals surface area contributed by atoms with E-state index in [4.69, 9.17) is 22.0 Å². The summed E-state index contributed by atoms with van der Waals surface area (Å²) in [4.78, 5) is 17.2. The normalized spacial score (nSPS) is 15.8. The van der Waals surface area contributed by atoms with Crippen LogP contribution in [0, 0.1) is 25.2 Å². The molecular formula is C26H28ClN5O. The molecule has 0 spiro atoms. The van der Waals surface area contributed by atoms with E-state index in [9.17, 15) is 4.79 Å². The number of carbonyl (C=O) groups is 1. The van der Waals surface area contributed by atoms with Gasteiger partial charge < -0.3 is 9.80 Å². The minimum atomic E-state index is 0.0950. The van der Waals surface area contributed by atoms with E-state index in [1.54, 1.807) is 12.1 Å². The molecule has 6 nitrogen and oxygen atoms in total. The molecule has 2 heterocycles. The molecule has 3 aromatic rings. The number of likely N-dealkylation sites (N-methyl/N-ethyl adjacent to an activating group) is 1. The molecule has 1 unspecified atom stereocenters. The van der Waals surface area contributed by atoms with Crippen LogP contribution in [0.4, 0.5) is 0 Å². The standard InChI is InChI=1S/C26H28ClN5O/c1-17-24(18(2)32(29-17)22-9-8-21(15-28)25(27)14-22)13-19-6-5-7-20(12-19)26(33)31-11-10-23(16-31)30(3)4/h5-9,12,14,23H,10-11,13,16H2,1-4H3. The number of benzene rings is 2. The highest BCUT2D eigenvalue weighted by molar-refractivity contribution is 6.31. The van der Waals surface area contributed by atoms with Crippen LogP contribution in [0.15, 0.2) is 42.5 Å². The van der Waals surface area contributed by atoms with Crippen molar-refractivity contribution in [2.75, 3.05) is 27.2 Å². The molecule has 1 fully saturated rings. The minimum Gasteiger partial charge on any atom is -0.337 e. The van der Waals surface area contributed by atoms with Crippen molar-refractivity contribution < 1.29 is 4.79 Å². The van der Waals surface area contributed by atoms with Gasteiger partial charge in [-0.1, -0.05) is 23.7 Å². The Labute approximate surface area is 200 Å². The zero-order valence-corrected chi connectivity index (χ0v) is 20.2. The fraction of sp³-hybridized carbons (Fsp3) is 0.346. The van der Waals surface area contributed by atoms with Crippen molar-refractivity contribution in [1.29, 1.82) is 5.26 Å². The largest absolute Gasteiger partial charge is 0.337 e. The van der Waals surface area contributed by atoms with Crippen LogP contribution in [0.1, 0.15) is 44.9 Å². The SMILES string of the molecule is Cc1nn(-c2ccc(C#N)c(Cl)c2)c(C)c1Cc1cccc(C(=O)N2CCC(N(C)C)C2)c1. The molecule has 4 rings (SSSR count). The third-order valence-electron chi connectivity index (χ3n) is 6.49. The van der Waals surface area contributed by atoms with E-state index >= 15 is 0 Å². The van der Waals surface area contributed by atoms with Gasteiger partial charge in [-0.3, -0.25) is 4.79 Å². The summed E-state index contributed by atoms with van der Waals surface area (Å²) >= 11 is 6.23. The van der Waals surface area contributed by atoms with Gasteiger partial charge in [0, 0.05) is 42.4 Å².